The van der Waals surface area contributed by atoms with E-state index in [0.717, 1.165) is 11.3 Å². The number of aliphatic hydroxyl groups is 1. The molecule has 134 valence electrons. The van der Waals surface area contributed by atoms with E-state index < -0.39 is 6.10 Å². The van der Waals surface area contributed by atoms with Gasteiger partial charge in [-0.3, -0.25) is 0 Å². The van der Waals surface area contributed by atoms with Crippen molar-refractivity contribution in [2.75, 3.05) is 19.0 Å². The average Bonchev–Trinajstić information content (AvgIpc) is 3.15. The van der Waals surface area contributed by atoms with Gasteiger partial charge in [0.2, 0.25) is 0 Å². The Hall–Kier alpha value is -3.26. The zero-order valence-electron chi connectivity index (χ0n) is 14.2. The third kappa shape index (κ3) is 4.22. The smallest absolute Gasteiger partial charge is 0.337 e. The number of nitrogens with zero attached hydrogens (tertiary/aromatic N) is 4. The average molecular weight is 353 g/mol. The van der Waals surface area contributed by atoms with Crippen molar-refractivity contribution in [2.24, 2.45) is 0 Å². The van der Waals surface area contributed by atoms with Gasteiger partial charge in [0.25, 0.3) is 0 Å². The van der Waals surface area contributed by atoms with Crippen LogP contribution in [0, 0.1) is 0 Å². The minimum atomic E-state index is -0.693. The number of tetrazole rings is 1. The molecular formula is C18H19N5O3. The molecule has 2 aromatic carbocycles. The minimum Gasteiger partial charge on any atom is -0.465 e. The molecule has 0 saturated heterocycles. The van der Waals surface area contributed by atoms with E-state index in [1.165, 1.54) is 7.11 Å². The number of esters is 1. The number of rotatable bonds is 7. The van der Waals surface area contributed by atoms with Crippen LogP contribution < -0.4 is 5.32 Å². The lowest BCUT2D eigenvalue weighted by molar-refractivity contribution is 0.0600. The van der Waals surface area contributed by atoms with Crippen molar-refractivity contribution in [3.05, 3.63) is 60.2 Å². The highest BCUT2D eigenvalue weighted by molar-refractivity contribution is 5.89. The standard InChI is InChI=1S/C18H19N5O3/c1-26-18(25)14-7-9-15(10-8-14)19-11-16(24)12-23-17(20-21-22-23)13-5-3-2-4-6-13/h2-10,16,19,24H,11-12H2,1H3/t16-/m1/s1. The van der Waals surface area contributed by atoms with Crippen molar-refractivity contribution >= 4 is 11.7 Å². The first-order valence-electron chi connectivity index (χ1n) is 8.09. The van der Waals surface area contributed by atoms with Crippen LogP contribution in [0.25, 0.3) is 11.4 Å². The highest BCUT2D eigenvalue weighted by Gasteiger charge is 2.13. The Bertz CT molecular complexity index is 849. The SMILES string of the molecule is COC(=O)c1ccc(NC[C@@H](O)Cn2nnnc2-c2ccccc2)cc1. The van der Waals surface area contributed by atoms with Crippen molar-refractivity contribution in [3.63, 3.8) is 0 Å². The van der Waals surface area contributed by atoms with E-state index in [1.807, 2.05) is 30.3 Å². The van der Waals surface area contributed by atoms with E-state index in [9.17, 15) is 9.90 Å². The molecule has 8 heteroatoms. The quantitative estimate of drug-likeness (QED) is 0.622. The fraction of sp³-hybridized carbons (Fsp3) is 0.222. The molecule has 0 aliphatic carbocycles. The number of hydrogen-bond acceptors (Lipinski definition) is 7. The molecule has 3 rings (SSSR count). The number of aromatic nitrogens is 4. The summed E-state index contributed by atoms with van der Waals surface area (Å²) in [6.07, 6.45) is -0.693. The van der Waals surface area contributed by atoms with Gasteiger partial charge in [-0.2, -0.15) is 0 Å². The Labute approximate surface area is 150 Å². The third-order valence-corrected chi connectivity index (χ3v) is 3.80. The van der Waals surface area contributed by atoms with E-state index in [1.54, 1.807) is 28.9 Å². The van der Waals surface area contributed by atoms with Crippen molar-refractivity contribution < 1.29 is 14.6 Å². The first kappa shape index (κ1) is 17.6. The van der Waals surface area contributed by atoms with Gasteiger partial charge in [-0.05, 0) is 34.7 Å². The van der Waals surface area contributed by atoms with Crippen LogP contribution in [0.3, 0.4) is 0 Å². The molecule has 1 aromatic heterocycles. The van der Waals surface area contributed by atoms with Crippen molar-refractivity contribution in [3.8, 4) is 11.4 Å². The Kier molecular flexibility index (Phi) is 5.55. The van der Waals surface area contributed by atoms with Crippen LogP contribution in [-0.2, 0) is 11.3 Å². The van der Waals surface area contributed by atoms with E-state index >= 15 is 0 Å². The summed E-state index contributed by atoms with van der Waals surface area (Å²) in [5, 5.41) is 25.1. The van der Waals surface area contributed by atoms with E-state index in [2.05, 4.69) is 25.6 Å². The van der Waals surface area contributed by atoms with Crippen LogP contribution in [-0.4, -0.2) is 51.0 Å². The van der Waals surface area contributed by atoms with Gasteiger partial charge < -0.3 is 15.2 Å². The maximum atomic E-state index is 11.4. The second-order valence-electron chi connectivity index (χ2n) is 5.65. The van der Waals surface area contributed by atoms with Crippen LogP contribution in [0.4, 0.5) is 5.69 Å². The Morgan fingerprint density at radius 3 is 2.62 bits per heavy atom. The van der Waals surface area contributed by atoms with Crippen molar-refractivity contribution in [1.82, 2.24) is 20.2 Å². The van der Waals surface area contributed by atoms with Crippen molar-refractivity contribution in [2.45, 2.75) is 12.6 Å². The largest absolute Gasteiger partial charge is 0.465 e. The Balaban J connectivity index is 1.58. The molecule has 8 nitrogen and oxygen atoms in total. The van der Waals surface area contributed by atoms with Gasteiger partial charge in [-0.25, -0.2) is 9.48 Å². The molecule has 3 aromatic rings. The summed E-state index contributed by atoms with van der Waals surface area (Å²) >= 11 is 0. The lowest BCUT2D eigenvalue weighted by Gasteiger charge is -2.14. The maximum Gasteiger partial charge on any atom is 0.337 e. The lowest BCUT2D eigenvalue weighted by Crippen LogP contribution is -2.26. The third-order valence-electron chi connectivity index (χ3n) is 3.80. The monoisotopic (exact) mass is 353 g/mol. The van der Waals surface area contributed by atoms with Crippen LogP contribution in [0.1, 0.15) is 10.4 Å². The van der Waals surface area contributed by atoms with Crippen LogP contribution >= 0.6 is 0 Å². The number of nitrogens with one attached hydrogen (secondary N) is 1. The molecule has 0 radical (unpaired) electrons. The fourth-order valence-electron chi connectivity index (χ4n) is 2.46. The summed E-state index contributed by atoms with van der Waals surface area (Å²) in [6, 6.07) is 16.4. The van der Waals surface area contributed by atoms with Crippen LogP contribution in [0.5, 0.6) is 0 Å². The highest BCUT2D eigenvalue weighted by atomic mass is 16.5. The summed E-state index contributed by atoms with van der Waals surface area (Å²) in [5.41, 5.74) is 2.15. The molecule has 0 fully saturated rings. The summed E-state index contributed by atoms with van der Waals surface area (Å²) in [4.78, 5) is 11.4. The molecule has 2 N–H and O–H groups in total. The number of hydrogen-bond donors (Lipinski definition) is 2. The molecule has 0 aliphatic heterocycles. The number of aliphatic hydroxyl groups excluding tert-OH is 1. The summed E-state index contributed by atoms with van der Waals surface area (Å²) in [7, 11) is 1.34. The number of carbonyl (C=O) groups is 1. The van der Waals surface area contributed by atoms with Gasteiger partial charge in [-0.1, -0.05) is 30.3 Å². The van der Waals surface area contributed by atoms with E-state index in [0.29, 0.717) is 17.9 Å². The minimum absolute atomic E-state index is 0.254. The van der Waals surface area contributed by atoms with E-state index in [4.69, 9.17) is 0 Å². The normalized spacial score (nSPS) is 11.8. The van der Waals surface area contributed by atoms with Crippen LogP contribution in [0.2, 0.25) is 0 Å². The summed E-state index contributed by atoms with van der Waals surface area (Å²) in [6.45, 7) is 0.566. The lowest BCUT2D eigenvalue weighted by atomic mass is 10.2. The number of carbonyl (C=O) groups excluding carboxylic acids is 1. The fourth-order valence-corrected chi connectivity index (χ4v) is 2.46. The molecule has 0 spiro atoms. The first-order valence-corrected chi connectivity index (χ1v) is 8.09. The maximum absolute atomic E-state index is 11.4. The predicted octanol–water partition coefficient (Wildman–Crippen LogP) is 1.60. The second kappa shape index (κ2) is 8.21. The summed E-state index contributed by atoms with van der Waals surface area (Å²) < 4.78 is 6.23. The Morgan fingerprint density at radius 1 is 1.19 bits per heavy atom. The number of methoxy groups -OCH3 is 1. The zero-order chi connectivity index (χ0) is 18.4. The molecule has 26 heavy (non-hydrogen) atoms. The van der Waals surface area contributed by atoms with Gasteiger partial charge >= 0.3 is 5.97 Å². The first-order chi connectivity index (χ1) is 12.7. The van der Waals surface area contributed by atoms with Gasteiger partial charge in [0.05, 0.1) is 25.3 Å². The predicted molar refractivity (Wildman–Crippen MR) is 95.5 cm³/mol. The number of ether oxygens (including phenoxy) is 1. The van der Waals surface area contributed by atoms with Gasteiger partial charge in [0.1, 0.15) is 0 Å². The second-order valence-corrected chi connectivity index (χ2v) is 5.65. The molecule has 0 unspecified atom stereocenters. The van der Waals surface area contributed by atoms with Gasteiger partial charge in [-0.15, -0.1) is 5.10 Å². The van der Waals surface area contributed by atoms with Gasteiger partial charge in [0, 0.05) is 17.8 Å². The Morgan fingerprint density at radius 2 is 1.92 bits per heavy atom. The van der Waals surface area contributed by atoms with Crippen molar-refractivity contribution in [1.29, 1.82) is 0 Å². The zero-order valence-corrected chi connectivity index (χ0v) is 14.2. The highest BCUT2D eigenvalue weighted by Crippen LogP contribution is 2.15. The summed E-state index contributed by atoms with van der Waals surface area (Å²) in [5.74, 6) is 0.218. The molecular weight excluding hydrogens is 334 g/mol. The van der Waals surface area contributed by atoms with Gasteiger partial charge in [0.15, 0.2) is 5.82 Å². The topological polar surface area (TPSA) is 102 Å². The van der Waals surface area contributed by atoms with Crippen LogP contribution in [0.15, 0.2) is 54.6 Å². The molecule has 0 bridgehead atoms. The molecule has 0 amide bonds. The molecule has 1 heterocycles. The number of benzene rings is 2. The van der Waals surface area contributed by atoms with E-state index in [-0.39, 0.29) is 12.5 Å². The number of anilines is 1. The molecule has 0 saturated carbocycles. The molecule has 0 aliphatic rings. The molecule has 1 atom stereocenters.